The molecule has 0 heterocycles. The van der Waals surface area contributed by atoms with Gasteiger partial charge in [0.2, 0.25) is 5.91 Å². The molecule has 0 atom stereocenters. The highest BCUT2D eigenvalue weighted by Crippen LogP contribution is 2.18. The molecule has 5 nitrogen and oxygen atoms in total. The number of carbonyl (C=O) groups excluding carboxylic acids is 2. The summed E-state index contributed by atoms with van der Waals surface area (Å²) in [5.74, 6) is 0.0288. The average Bonchev–Trinajstić information content (AvgIpc) is 2.68. The van der Waals surface area contributed by atoms with Gasteiger partial charge in [-0.25, -0.2) is 4.79 Å². The van der Waals surface area contributed by atoms with Crippen molar-refractivity contribution in [1.29, 1.82) is 0 Å². The normalized spacial score (nSPS) is 14.7. The topological polar surface area (TPSA) is 61.4 Å². The maximum atomic E-state index is 12.3. The molecule has 0 radical (unpaired) electrons. The van der Waals surface area contributed by atoms with Crippen molar-refractivity contribution >= 4 is 22.7 Å². The number of amides is 3. The fraction of sp³-hybridized carbons (Fsp3) is 0.455. The lowest BCUT2D eigenvalue weighted by molar-refractivity contribution is -0.130. The van der Waals surface area contributed by atoms with Gasteiger partial charge >= 0.3 is 6.03 Å². The van der Waals surface area contributed by atoms with E-state index in [4.69, 9.17) is 0 Å². The predicted octanol–water partition coefficient (Wildman–Crippen LogP) is 3.82. The summed E-state index contributed by atoms with van der Waals surface area (Å²) < 4.78 is 0. The summed E-state index contributed by atoms with van der Waals surface area (Å²) in [6.45, 7) is 0.928. The molecule has 0 saturated heterocycles. The van der Waals surface area contributed by atoms with Gasteiger partial charge in [0.25, 0.3) is 0 Å². The van der Waals surface area contributed by atoms with Crippen molar-refractivity contribution in [3.63, 3.8) is 0 Å². The van der Waals surface area contributed by atoms with E-state index in [1.54, 1.807) is 11.9 Å². The van der Waals surface area contributed by atoms with E-state index in [-0.39, 0.29) is 18.0 Å². The Balaban J connectivity index is 1.41. The van der Waals surface area contributed by atoms with Gasteiger partial charge < -0.3 is 15.5 Å². The molecule has 1 saturated carbocycles. The van der Waals surface area contributed by atoms with Crippen LogP contribution >= 0.6 is 0 Å². The molecule has 1 aliphatic rings. The minimum absolute atomic E-state index is 0.0288. The number of hydrogen-bond donors (Lipinski definition) is 2. The fourth-order valence-corrected chi connectivity index (χ4v) is 3.66. The van der Waals surface area contributed by atoms with Gasteiger partial charge in [0.05, 0.1) is 0 Å². The van der Waals surface area contributed by atoms with E-state index in [2.05, 4.69) is 41.0 Å². The van der Waals surface area contributed by atoms with Crippen molar-refractivity contribution in [3.8, 4) is 0 Å². The Kier molecular flexibility index (Phi) is 6.69. The Morgan fingerprint density at radius 2 is 1.78 bits per heavy atom. The first-order chi connectivity index (χ1) is 13.1. The number of urea groups is 1. The molecule has 0 unspecified atom stereocenters. The molecule has 1 fully saturated rings. The number of hydrogen-bond acceptors (Lipinski definition) is 2. The van der Waals surface area contributed by atoms with E-state index < -0.39 is 0 Å². The maximum Gasteiger partial charge on any atom is 0.315 e. The molecule has 3 rings (SSSR count). The van der Waals surface area contributed by atoms with E-state index in [1.165, 1.54) is 30.0 Å². The standard InChI is InChI=1S/C22H29N3O2/c1-25(16-17-11-12-18-7-5-6-8-19(18)15-17)21(26)13-14-23-22(27)24-20-9-3-2-4-10-20/h5-8,11-12,15,20H,2-4,9-10,13-14,16H2,1H3,(H2,23,24,27). The minimum atomic E-state index is -0.160. The van der Waals surface area contributed by atoms with Gasteiger partial charge in [-0.1, -0.05) is 55.7 Å². The van der Waals surface area contributed by atoms with E-state index in [0.717, 1.165) is 18.4 Å². The zero-order valence-electron chi connectivity index (χ0n) is 16.0. The number of nitrogens with zero attached hydrogens (tertiary/aromatic N) is 1. The number of fused-ring (bicyclic) bond motifs is 1. The molecular formula is C22H29N3O2. The van der Waals surface area contributed by atoms with Gasteiger partial charge in [0, 0.05) is 32.6 Å². The van der Waals surface area contributed by atoms with Crippen LogP contribution in [-0.4, -0.2) is 36.5 Å². The Morgan fingerprint density at radius 1 is 1.04 bits per heavy atom. The van der Waals surface area contributed by atoms with Crippen molar-refractivity contribution < 1.29 is 9.59 Å². The monoisotopic (exact) mass is 367 g/mol. The van der Waals surface area contributed by atoms with Crippen molar-refractivity contribution in [2.45, 2.75) is 51.1 Å². The van der Waals surface area contributed by atoms with Crippen molar-refractivity contribution in [2.24, 2.45) is 0 Å². The van der Waals surface area contributed by atoms with Crippen LogP contribution in [0.15, 0.2) is 42.5 Å². The van der Waals surface area contributed by atoms with Crippen LogP contribution in [0.25, 0.3) is 10.8 Å². The molecular weight excluding hydrogens is 338 g/mol. The summed E-state index contributed by atoms with van der Waals surface area (Å²) in [6.07, 6.45) is 6.05. The first-order valence-corrected chi connectivity index (χ1v) is 9.88. The van der Waals surface area contributed by atoms with E-state index >= 15 is 0 Å². The van der Waals surface area contributed by atoms with E-state index in [0.29, 0.717) is 19.5 Å². The Hall–Kier alpha value is -2.56. The van der Waals surface area contributed by atoms with Crippen LogP contribution in [0.5, 0.6) is 0 Å². The molecule has 2 aromatic rings. The van der Waals surface area contributed by atoms with Gasteiger partial charge in [-0.05, 0) is 35.2 Å². The van der Waals surface area contributed by atoms with Crippen molar-refractivity contribution in [3.05, 3.63) is 48.0 Å². The van der Waals surface area contributed by atoms with Gasteiger partial charge in [0.15, 0.2) is 0 Å². The van der Waals surface area contributed by atoms with Gasteiger partial charge in [0.1, 0.15) is 0 Å². The molecule has 27 heavy (non-hydrogen) atoms. The van der Waals surface area contributed by atoms with Crippen LogP contribution in [0.3, 0.4) is 0 Å². The first kappa shape index (κ1) is 19.2. The van der Waals surface area contributed by atoms with Crippen molar-refractivity contribution in [1.82, 2.24) is 15.5 Å². The second-order valence-electron chi connectivity index (χ2n) is 7.42. The predicted molar refractivity (Wildman–Crippen MR) is 108 cm³/mol. The maximum absolute atomic E-state index is 12.3. The highest BCUT2D eigenvalue weighted by Gasteiger charge is 2.16. The third-order valence-electron chi connectivity index (χ3n) is 5.22. The average molecular weight is 367 g/mol. The Bertz CT molecular complexity index is 784. The molecule has 0 aromatic heterocycles. The van der Waals surface area contributed by atoms with Crippen molar-refractivity contribution in [2.75, 3.05) is 13.6 Å². The van der Waals surface area contributed by atoms with Crippen LogP contribution < -0.4 is 10.6 Å². The fourth-order valence-electron chi connectivity index (χ4n) is 3.66. The molecule has 0 aliphatic heterocycles. The lowest BCUT2D eigenvalue weighted by Gasteiger charge is -2.23. The van der Waals surface area contributed by atoms with Crippen LogP contribution in [0.2, 0.25) is 0 Å². The van der Waals surface area contributed by atoms with Crippen LogP contribution in [-0.2, 0) is 11.3 Å². The Morgan fingerprint density at radius 3 is 2.56 bits per heavy atom. The van der Waals surface area contributed by atoms with E-state index in [9.17, 15) is 9.59 Å². The van der Waals surface area contributed by atoms with Crippen LogP contribution in [0.4, 0.5) is 4.79 Å². The first-order valence-electron chi connectivity index (χ1n) is 9.88. The zero-order chi connectivity index (χ0) is 19.1. The molecule has 3 amide bonds. The van der Waals surface area contributed by atoms with Crippen LogP contribution in [0.1, 0.15) is 44.1 Å². The third-order valence-corrected chi connectivity index (χ3v) is 5.22. The van der Waals surface area contributed by atoms with Gasteiger partial charge in [-0.3, -0.25) is 4.79 Å². The Labute approximate surface area is 161 Å². The summed E-state index contributed by atoms with van der Waals surface area (Å²) in [7, 11) is 1.81. The van der Waals surface area contributed by atoms with E-state index in [1.807, 2.05) is 12.1 Å². The molecule has 2 N–H and O–H groups in total. The number of carbonyl (C=O) groups is 2. The summed E-state index contributed by atoms with van der Waals surface area (Å²) in [6, 6.07) is 14.6. The second kappa shape index (κ2) is 9.40. The van der Waals surface area contributed by atoms with Crippen LogP contribution in [0, 0.1) is 0 Å². The zero-order valence-corrected chi connectivity index (χ0v) is 16.0. The summed E-state index contributed by atoms with van der Waals surface area (Å²) in [5.41, 5.74) is 1.10. The summed E-state index contributed by atoms with van der Waals surface area (Å²) in [5, 5.41) is 8.19. The summed E-state index contributed by atoms with van der Waals surface area (Å²) >= 11 is 0. The highest BCUT2D eigenvalue weighted by molar-refractivity contribution is 5.83. The number of rotatable bonds is 6. The van der Waals surface area contributed by atoms with Gasteiger partial charge in [-0.2, -0.15) is 0 Å². The molecule has 0 spiro atoms. The van der Waals surface area contributed by atoms with Gasteiger partial charge in [-0.15, -0.1) is 0 Å². The summed E-state index contributed by atoms with van der Waals surface area (Å²) in [4.78, 5) is 26.0. The quantitative estimate of drug-likeness (QED) is 0.815. The molecule has 0 bridgehead atoms. The molecule has 144 valence electrons. The smallest absolute Gasteiger partial charge is 0.315 e. The minimum Gasteiger partial charge on any atom is -0.341 e. The number of nitrogens with one attached hydrogen (secondary N) is 2. The molecule has 1 aliphatic carbocycles. The highest BCUT2D eigenvalue weighted by atomic mass is 16.2. The molecule has 5 heteroatoms. The number of benzene rings is 2. The SMILES string of the molecule is CN(Cc1ccc2ccccc2c1)C(=O)CCNC(=O)NC1CCCCC1. The lowest BCUT2D eigenvalue weighted by atomic mass is 9.96. The second-order valence-corrected chi connectivity index (χ2v) is 7.42. The largest absolute Gasteiger partial charge is 0.341 e. The lowest BCUT2D eigenvalue weighted by Crippen LogP contribution is -2.43. The molecule has 2 aromatic carbocycles. The third kappa shape index (κ3) is 5.71.